The molecule has 1 fully saturated rings. The van der Waals surface area contributed by atoms with Gasteiger partial charge in [0.25, 0.3) is 5.69 Å². The van der Waals surface area contributed by atoms with Crippen LogP contribution in [0.1, 0.15) is 18.4 Å². The number of halogens is 1. The number of non-ortho nitro benzene ring substituents is 1. The van der Waals surface area contributed by atoms with Gasteiger partial charge in [0, 0.05) is 25.2 Å². The van der Waals surface area contributed by atoms with Crippen LogP contribution in [0.4, 0.5) is 15.8 Å². The summed E-state index contributed by atoms with van der Waals surface area (Å²) in [4.78, 5) is 37.0. The Morgan fingerprint density at radius 1 is 1.32 bits per heavy atom. The molecule has 1 unspecified atom stereocenters. The number of carbonyl (C=O) groups is 1. The molecule has 1 N–H and O–H groups in total. The van der Waals surface area contributed by atoms with Gasteiger partial charge in [-0.15, -0.1) is 0 Å². The summed E-state index contributed by atoms with van der Waals surface area (Å²) >= 11 is 0. The van der Waals surface area contributed by atoms with E-state index in [4.69, 9.17) is 4.42 Å². The minimum absolute atomic E-state index is 0.0470. The quantitative estimate of drug-likeness (QED) is 0.494. The molecule has 10 heteroatoms. The van der Waals surface area contributed by atoms with Gasteiger partial charge in [-0.3, -0.25) is 19.5 Å². The molecular formula is C21H21FN4O5. The molecule has 0 aliphatic carbocycles. The normalized spacial score (nSPS) is 16.5. The molecule has 2 aromatic carbocycles. The van der Waals surface area contributed by atoms with Crippen LogP contribution in [-0.2, 0) is 11.3 Å². The molecular weight excluding hydrogens is 407 g/mol. The van der Waals surface area contributed by atoms with E-state index in [9.17, 15) is 24.1 Å². The van der Waals surface area contributed by atoms with Crippen molar-refractivity contribution in [2.45, 2.75) is 32.4 Å². The van der Waals surface area contributed by atoms with Crippen molar-refractivity contribution in [3.05, 3.63) is 68.4 Å². The zero-order chi connectivity index (χ0) is 22.1. The van der Waals surface area contributed by atoms with Crippen molar-refractivity contribution in [2.75, 3.05) is 18.0 Å². The van der Waals surface area contributed by atoms with Crippen molar-refractivity contribution in [1.29, 1.82) is 0 Å². The molecule has 1 aromatic heterocycles. The van der Waals surface area contributed by atoms with Gasteiger partial charge in [-0.05, 0) is 43.5 Å². The summed E-state index contributed by atoms with van der Waals surface area (Å²) in [6.45, 7) is 2.77. The van der Waals surface area contributed by atoms with Gasteiger partial charge < -0.3 is 14.6 Å². The van der Waals surface area contributed by atoms with Gasteiger partial charge >= 0.3 is 5.76 Å². The number of anilines is 1. The van der Waals surface area contributed by atoms with Crippen LogP contribution in [0.3, 0.4) is 0 Å². The molecule has 9 nitrogen and oxygen atoms in total. The number of fused-ring (bicyclic) bond motifs is 1. The van der Waals surface area contributed by atoms with Gasteiger partial charge in [0.2, 0.25) is 5.91 Å². The lowest BCUT2D eigenvalue weighted by atomic mass is 10.0. The number of aryl methyl sites for hydroxylation is 1. The Morgan fingerprint density at radius 3 is 2.90 bits per heavy atom. The average Bonchev–Trinajstić information content (AvgIpc) is 3.04. The van der Waals surface area contributed by atoms with E-state index in [1.807, 2.05) is 11.8 Å². The fraction of sp³-hybridized carbons (Fsp3) is 0.333. The number of rotatable bonds is 5. The molecule has 1 aliphatic heterocycles. The van der Waals surface area contributed by atoms with Gasteiger partial charge in [0.15, 0.2) is 5.58 Å². The predicted molar refractivity (Wildman–Crippen MR) is 112 cm³/mol. The third kappa shape index (κ3) is 4.27. The third-order valence-corrected chi connectivity index (χ3v) is 5.39. The summed E-state index contributed by atoms with van der Waals surface area (Å²) in [5.74, 6) is -1.46. The molecule has 162 valence electrons. The van der Waals surface area contributed by atoms with Crippen molar-refractivity contribution >= 4 is 28.4 Å². The molecule has 3 aromatic rings. The first-order chi connectivity index (χ1) is 14.8. The summed E-state index contributed by atoms with van der Waals surface area (Å²) in [6.07, 6.45) is 1.53. The van der Waals surface area contributed by atoms with E-state index in [0.717, 1.165) is 29.0 Å². The molecule has 1 amide bonds. The Hall–Kier alpha value is -3.69. The Morgan fingerprint density at radius 2 is 2.13 bits per heavy atom. The number of carbonyl (C=O) groups excluding carboxylic acids is 1. The lowest BCUT2D eigenvalue weighted by Crippen LogP contribution is -2.49. The molecule has 0 bridgehead atoms. The second kappa shape index (κ2) is 8.21. The van der Waals surface area contributed by atoms with Crippen LogP contribution in [0.5, 0.6) is 0 Å². The largest absolute Gasteiger partial charge is 0.420 e. The number of piperidine rings is 1. The van der Waals surface area contributed by atoms with Gasteiger partial charge in [0.1, 0.15) is 12.4 Å². The summed E-state index contributed by atoms with van der Waals surface area (Å²) in [7, 11) is 0. The van der Waals surface area contributed by atoms with Crippen molar-refractivity contribution in [3.8, 4) is 0 Å². The van der Waals surface area contributed by atoms with E-state index in [0.29, 0.717) is 24.3 Å². The number of hydrogen-bond donors (Lipinski definition) is 1. The Labute approximate surface area is 176 Å². The first-order valence-corrected chi connectivity index (χ1v) is 9.90. The lowest BCUT2D eigenvalue weighted by molar-refractivity contribution is -0.384. The van der Waals surface area contributed by atoms with Crippen molar-refractivity contribution in [2.24, 2.45) is 0 Å². The standard InChI is InChI=1S/C21H21FN4O5/c1-13-4-6-16(22)18(9-13)24-8-2-3-14(11-24)23-20(27)12-25-17-7-5-15(26(29)30)10-19(17)31-21(25)28/h4-7,9-10,14H,2-3,8,11-12H2,1H3,(H,23,27). The summed E-state index contributed by atoms with van der Waals surface area (Å²) in [6, 6.07) is 8.53. The number of nitro benzene ring substituents is 1. The van der Waals surface area contributed by atoms with Crippen molar-refractivity contribution in [3.63, 3.8) is 0 Å². The van der Waals surface area contributed by atoms with Gasteiger partial charge in [-0.1, -0.05) is 6.07 Å². The molecule has 0 spiro atoms. The minimum atomic E-state index is -0.766. The van der Waals surface area contributed by atoms with Crippen LogP contribution in [-0.4, -0.2) is 34.5 Å². The van der Waals surface area contributed by atoms with Gasteiger partial charge in [-0.2, -0.15) is 0 Å². The van der Waals surface area contributed by atoms with E-state index in [1.165, 1.54) is 18.2 Å². The Balaban J connectivity index is 1.46. The second-order valence-corrected chi connectivity index (χ2v) is 7.67. The SMILES string of the molecule is Cc1ccc(F)c(N2CCCC(NC(=O)Cn3c(=O)oc4cc([N+](=O)[O-])ccc43)C2)c1. The highest BCUT2D eigenvalue weighted by Gasteiger charge is 2.24. The zero-order valence-corrected chi connectivity index (χ0v) is 16.8. The number of amides is 1. The van der Waals surface area contributed by atoms with Crippen LogP contribution in [0, 0.1) is 22.9 Å². The molecule has 1 atom stereocenters. The molecule has 2 heterocycles. The molecule has 31 heavy (non-hydrogen) atoms. The number of nitrogens with zero attached hydrogens (tertiary/aromatic N) is 3. The maximum Gasteiger partial charge on any atom is 0.420 e. The summed E-state index contributed by atoms with van der Waals surface area (Å²) in [5, 5.41) is 13.8. The number of nitro groups is 1. The fourth-order valence-electron chi connectivity index (χ4n) is 3.91. The number of nitrogens with one attached hydrogen (secondary N) is 1. The predicted octanol–water partition coefficient (Wildman–Crippen LogP) is 2.74. The summed E-state index contributed by atoms with van der Waals surface area (Å²) in [5.41, 5.74) is 1.61. The number of benzene rings is 2. The molecule has 0 saturated carbocycles. The topological polar surface area (TPSA) is 111 Å². The first-order valence-electron chi connectivity index (χ1n) is 9.90. The van der Waals surface area contributed by atoms with Crippen molar-refractivity contribution in [1.82, 2.24) is 9.88 Å². The highest BCUT2D eigenvalue weighted by atomic mass is 19.1. The fourth-order valence-corrected chi connectivity index (χ4v) is 3.91. The van der Waals surface area contributed by atoms with Crippen LogP contribution in [0.15, 0.2) is 45.6 Å². The van der Waals surface area contributed by atoms with E-state index in [2.05, 4.69) is 5.32 Å². The van der Waals surface area contributed by atoms with Gasteiger partial charge in [0.05, 0.1) is 22.2 Å². The third-order valence-electron chi connectivity index (χ3n) is 5.39. The number of oxazole rings is 1. The van der Waals surface area contributed by atoms with E-state index >= 15 is 0 Å². The van der Waals surface area contributed by atoms with Crippen LogP contribution < -0.4 is 16.0 Å². The Bertz CT molecular complexity index is 1220. The number of hydrogen-bond acceptors (Lipinski definition) is 6. The zero-order valence-electron chi connectivity index (χ0n) is 16.8. The number of aromatic nitrogens is 1. The van der Waals surface area contributed by atoms with Crippen LogP contribution >= 0.6 is 0 Å². The molecule has 1 aliphatic rings. The lowest BCUT2D eigenvalue weighted by Gasteiger charge is -2.35. The van der Waals surface area contributed by atoms with Crippen LogP contribution in [0.2, 0.25) is 0 Å². The summed E-state index contributed by atoms with van der Waals surface area (Å²) < 4.78 is 20.4. The highest BCUT2D eigenvalue weighted by molar-refractivity contribution is 5.80. The first kappa shape index (κ1) is 20.6. The van der Waals surface area contributed by atoms with E-state index in [1.54, 1.807) is 12.1 Å². The van der Waals surface area contributed by atoms with E-state index < -0.39 is 10.7 Å². The smallest absolute Gasteiger partial charge is 0.407 e. The maximum atomic E-state index is 14.2. The molecule has 0 radical (unpaired) electrons. The van der Waals surface area contributed by atoms with Gasteiger partial charge in [-0.25, -0.2) is 9.18 Å². The van der Waals surface area contributed by atoms with Crippen LogP contribution in [0.25, 0.3) is 11.1 Å². The molecule has 1 saturated heterocycles. The molecule has 4 rings (SSSR count). The highest BCUT2D eigenvalue weighted by Crippen LogP contribution is 2.25. The second-order valence-electron chi connectivity index (χ2n) is 7.67. The monoisotopic (exact) mass is 428 g/mol. The van der Waals surface area contributed by atoms with Crippen molar-refractivity contribution < 1.29 is 18.5 Å². The minimum Gasteiger partial charge on any atom is -0.407 e. The average molecular weight is 428 g/mol. The Kier molecular flexibility index (Phi) is 5.45. The maximum absolute atomic E-state index is 14.2. The van der Waals surface area contributed by atoms with E-state index in [-0.39, 0.29) is 35.6 Å².